The largest absolute Gasteiger partial charge is 0.0642 e. The van der Waals surface area contributed by atoms with Gasteiger partial charge in [0.2, 0.25) is 0 Å². The molecule has 0 radical (unpaired) electrons. The van der Waals surface area contributed by atoms with E-state index in [0.29, 0.717) is 0 Å². The molecule has 0 N–H and O–H groups in total. The zero-order chi connectivity index (χ0) is 18.0. The highest BCUT2D eigenvalue weighted by atomic mass is 14.4. The van der Waals surface area contributed by atoms with Gasteiger partial charge in [-0.1, -0.05) is 98.8 Å². The molecule has 0 fully saturated rings. The van der Waals surface area contributed by atoms with Crippen LogP contribution >= 0.6 is 0 Å². The summed E-state index contributed by atoms with van der Waals surface area (Å²) < 4.78 is 0. The van der Waals surface area contributed by atoms with Crippen LogP contribution in [0.4, 0.5) is 0 Å². The Morgan fingerprint density at radius 1 is 0.654 bits per heavy atom. The van der Waals surface area contributed by atoms with Crippen molar-refractivity contribution in [3.63, 3.8) is 0 Å². The van der Waals surface area contributed by atoms with Gasteiger partial charge in [-0.05, 0) is 52.7 Å². The third-order valence-corrected chi connectivity index (χ3v) is 6.04. The topological polar surface area (TPSA) is 0 Å². The van der Waals surface area contributed by atoms with Crippen LogP contribution in [-0.2, 0) is 11.8 Å². The average molecular weight is 338 g/mol. The van der Waals surface area contributed by atoms with E-state index in [1.165, 1.54) is 33.4 Å². The van der Waals surface area contributed by atoms with Gasteiger partial charge in [-0.15, -0.1) is 0 Å². The van der Waals surface area contributed by atoms with E-state index in [2.05, 4.69) is 98.8 Å². The van der Waals surface area contributed by atoms with Crippen LogP contribution in [0, 0.1) is 0 Å². The lowest BCUT2D eigenvalue weighted by atomic mass is 9.70. The lowest BCUT2D eigenvalue weighted by Gasteiger charge is -2.32. The molecular weight excluding hydrogens is 312 g/mol. The first-order valence-electron chi connectivity index (χ1n) is 9.73. The lowest BCUT2D eigenvalue weighted by molar-refractivity contribution is 0.522. The Bertz CT molecular complexity index is 913. The summed E-state index contributed by atoms with van der Waals surface area (Å²) >= 11 is 0. The van der Waals surface area contributed by atoms with Gasteiger partial charge in [0.05, 0.1) is 0 Å². The molecule has 0 unspecified atom stereocenters. The summed E-state index contributed by atoms with van der Waals surface area (Å²) in [6.07, 6.45) is 3.25. The highest BCUT2D eigenvalue weighted by Crippen LogP contribution is 2.55. The summed E-state index contributed by atoms with van der Waals surface area (Å²) in [6.45, 7) is 4.68. The van der Waals surface area contributed by atoms with Crippen LogP contribution in [0.25, 0.3) is 11.1 Å². The van der Waals surface area contributed by atoms with Crippen molar-refractivity contribution in [3.05, 3.63) is 107 Å². The van der Waals surface area contributed by atoms with E-state index in [0.717, 1.165) is 19.3 Å². The lowest BCUT2D eigenvalue weighted by Crippen LogP contribution is -2.24. The zero-order valence-corrected chi connectivity index (χ0v) is 15.7. The number of hydrogen-bond acceptors (Lipinski definition) is 0. The van der Waals surface area contributed by atoms with Gasteiger partial charge < -0.3 is 0 Å². The molecule has 26 heavy (non-hydrogen) atoms. The van der Waals surface area contributed by atoms with Gasteiger partial charge in [-0.3, -0.25) is 0 Å². The molecule has 1 aliphatic rings. The maximum Gasteiger partial charge on any atom is 0.0212 e. The van der Waals surface area contributed by atoms with Crippen molar-refractivity contribution >= 4 is 11.1 Å². The van der Waals surface area contributed by atoms with E-state index >= 15 is 0 Å². The highest BCUT2D eigenvalue weighted by Gasteiger charge is 2.42. The van der Waals surface area contributed by atoms with Crippen LogP contribution in [0.15, 0.2) is 84.9 Å². The fraction of sp³-hybridized carbons (Fsp3) is 0.231. The molecular formula is C26H26. The highest BCUT2D eigenvalue weighted by molar-refractivity contribution is 6.02. The third-order valence-electron chi connectivity index (χ3n) is 6.04. The molecule has 0 aliphatic heterocycles. The van der Waals surface area contributed by atoms with Gasteiger partial charge >= 0.3 is 0 Å². The second kappa shape index (κ2) is 6.96. The molecule has 0 aromatic heterocycles. The van der Waals surface area contributed by atoms with Gasteiger partial charge in [0, 0.05) is 5.41 Å². The molecule has 3 aromatic rings. The summed E-state index contributed by atoms with van der Waals surface area (Å²) in [5.74, 6) is 0. The summed E-state index contributed by atoms with van der Waals surface area (Å²) in [5, 5.41) is 0. The first-order chi connectivity index (χ1) is 12.8. The Balaban J connectivity index is 1.99. The van der Waals surface area contributed by atoms with Crippen molar-refractivity contribution in [2.24, 2.45) is 0 Å². The molecule has 0 amide bonds. The SMILES string of the molecule is CCC1(CC)C(c2ccccc2)=C(Cc2ccccc2)c2ccccc21. The van der Waals surface area contributed by atoms with E-state index < -0.39 is 0 Å². The molecule has 0 saturated heterocycles. The summed E-state index contributed by atoms with van der Waals surface area (Å²) in [7, 11) is 0. The van der Waals surface area contributed by atoms with Crippen molar-refractivity contribution in [2.75, 3.05) is 0 Å². The second-order valence-corrected chi connectivity index (χ2v) is 7.22. The van der Waals surface area contributed by atoms with Gasteiger partial charge in [0.25, 0.3) is 0 Å². The quantitative estimate of drug-likeness (QED) is 0.474. The van der Waals surface area contributed by atoms with Crippen molar-refractivity contribution in [3.8, 4) is 0 Å². The molecule has 1 aliphatic carbocycles. The summed E-state index contributed by atoms with van der Waals surface area (Å²) in [4.78, 5) is 0. The standard InChI is InChI=1S/C26H26/c1-3-26(4-2)24-18-12-11-17-22(24)23(19-20-13-7-5-8-14-20)25(26)21-15-9-6-10-16-21/h5-18H,3-4,19H2,1-2H3. The van der Waals surface area contributed by atoms with Crippen molar-refractivity contribution in [2.45, 2.75) is 38.5 Å². The van der Waals surface area contributed by atoms with E-state index in [1.54, 1.807) is 0 Å². The smallest absolute Gasteiger partial charge is 0.0212 e. The van der Waals surface area contributed by atoms with Gasteiger partial charge in [0.1, 0.15) is 0 Å². The van der Waals surface area contributed by atoms with Gasteiger partial charge in [-0.25, -0.2) is 0 Å². The maximum atomic E-state index is 2.35. The fourth-order valence-corrected chi connectivity index (χ4v) is 4.75. The van der Waals surface area contributed by atoms with E-state index in [4.69, 9.17) is 0 Å². The number of allylic oxidation sites excluding steroid dienone is 2. The number of hydrogen-bond donors (Lipinski definition) is 0. The minimum absolute atomic E-state index is 0.113. The summed E-state index contributed by atoms with van der Waals surface area (Å²) in [5.41, 5.74) is 8.86. The maximum absolute atomic E-state index is 2.35. The molecule has 3 aromatic carbocycles. The van der Waals surface area contributed by atoms with Crippen molar-refractivity contribution in [1.82, 2.24) is 0 Å². The van der Waals surface area contributed by atoms with Crippen LogP contribution in [0.5, 0.6) is 0 Å². The van der Waals surface area contributed by atoms with E-state index in [9.17, 15) is 0 Å². The van der Waals surface area contributed by atoms with Gasteiger partial charge in [0.15, 0.2) is 0 Å². The van der Waals surface area contributed by atoms with Crippen molar-refractivity contribution < 1.29 is 0 Å². The number of rotatable bonds is 5. The Morgan fingerprint density at radius 3 is 1.88 bits per heavy atom. The molecule has 130 valence electrons. The fourth-order valence-electron chi connectivity index (χ4n) is 4.75. The monoisotopic (exact) mass is 338 g/mol. The predicted octanol–water partition coefficient (Wildman–Crippen LogP) is 6.91. The molecule has 4 rings (SSSR count). The minimum atomic E-state index is 0.113. The van der Waals surface area contributed by atoms with Crippen LogP contribution in [0.2, 0.25) is 0 Å². The Kier molecular flexibility index (Phi) is 4.51. The predicted molar refractivity (Wildman–Crippen MR) is 112 cm³/mol. The molecule has 0 nitrogen and oxygen atoms in total. The van der Waals surface area contributed by atoms with Crippen LogP contribution in [0.3, 0.4) is 0 Å². The molecule has 0 saturated carbocycles. The van der Waals surface area contributed by atoms with Crippen LogP contribution in [0.1, 0.15) is 48.9 Å². The van der Waals surface area contributed by atoms with Crippen molar-refractivity contribution in [1.29, 1.82) is 0 Å². The van der Waals surface area contributed by atoms with Crippen LogP contribution in [-0.4, -0.2) is 0 Å². The zero-order valence-electron chi connectivity index (χ0n) is 15.7. The van der Waals surface area contributed by atoms with Crippen LogP contribution < -0.4 is 0 Å². The normalized spacial score (nSPS) is 15.2. The first kappa shape index (κ1) is 16.8. The molecule has 0 atom stereocenters. The molecule has 0 spiro atoms. The second-order valence-electron chi connectivity index (χ2n) is 7.22. The van der Waals surface area contributed by atoms with Gasteiger partial charge in [-0.2, -0.15) is 0 Å². The summed E-state index contributed by atoms with van der Waals surface area (Å²) in [6, 6.07) is 31.0. The number of fused-ring (bicyclic) bond motifs is 1. The Hall–Kier alpha value is -2.60. The average Bonchev–Trinajstić information content (AvgIpc) is 2.99. The molecule has 0 bridgehead atoms. The first-order valence-corrected chi connectivity index (χ1v) is 9.73. The van der Waals surface area contributed by atoms with E-state index in [1.807, 2.05) is 0 Å². The third kappa shape index (κ3) is 2.61. The Morgan fingerprint density at radius 2 is 1.23 bits per heavy atom. The minimum Gasteiger partial charge on any atom is -0.0642 e. The number of benzene rings is 3. The Labute approximate surface area is 157 Å². The molecule has 0 heterocycles. The molecule has 0 heteroatoms. The van der Waals surface area contributed by atoms with E-state index in [-0.39, 0.29) is 5.41 Å².